The van der Waals surface area contributed by atoms with Crippen molar-refractivity contribution in [1.29, 1.82) is 0 Å². The lowest BCUT2D eigenvalue weighted by molar-refractivity contribution is 0.186. The molecule has 0 bridgehead atoms. The molecule has 5 heteroatoms. The number of benzene rings is 1. The number of aromatic nitrogens is 1. The van der Waals surface area contributed by atoms with Gasteiger partial charge in [0, 0.05) is 18.7 Å². The molecular formula is C17H21N3O2. The van der Waals surface area contributed by atoms with E-state index in [1.165, 1.54) is 12.8 Å². The van der Waals surface area contributed by atoms with Crippen LogP contribution in [0.3, 0.4) is 0 Å². The van der Waals surface area contributed by atoms with E-state index in [2.05, 4.69) is 17.2 Å². The highest BCUT2D eigenvalue weighted by Crippen LogP contribution is 2.34. The summed E-state index contributed by atoms with van der Waals surface area (Å²) in [5, 5.41) is 2.86. The molecule has 1 fully saturated rings. The summed E-state index contributed by atoms with van der Waals surface area (Å²) in [6, 6.07) is 9.99. The summed E-state index contributed by atoms with van der Waals surface area (Å²) in [4.78, 5) is 18.1. The summed E-state index contributed by atoms with van der Waals surface area (Å²) in [7, 11) is 1.84. The quantitative estimate of drug-likeness (QED) is 0.921. The molecule has 1 aliphatic carbocycles. The van der Waals surface area contributed by atoms with Crippen LogP contribution in [0.15, 0.2) is 40.9 Å². The third kappa shape index (κ3) is 3.30. The van der Waals surface area contributed by atoms with Crippen molar-refractivity contribution >= 4 is 6.03 Å². The van der Waals surface area contributed by atoms with Crippen molar-refractivity contribution in [2.24, 2.45) is 5.92 Å². The van der Waals surface area contributed by atoms with Crippen molar-refractivity contribution < 1.29 is 9.21 Å². The van der Waals surface area contributed by atoms with Gasteiger partial charge in [0.05, 0.1) is 12.7 Å². The Bertz CT molecular complexity index is 634. The molecule has 1 N–H and O–H groups in total. The molecule has 0 saturated heterocycles. The minimum absolute atomic E-state index is 0.0844. The van der Waals surface area contributed by atoms with E-state index in [-0.39, 0.29) is 12.1 Å². The van der Waals surface area contributed by atoms with Crippen LogP contribution in [0.2, 0.25) is 0 Å². The monoisotopic (exact) mass is 299 g/mol. The van der Waals surface area contributed by atoms with E-state index in [4.69, 9.17) is 4.42 Å². The molecule has 1 aromatic carbocycles. The average molecular weight is 299 g/mol. The molecule has 2 aromatic rings. The van der Waals surface area contributed by atoms with Crippen LogP contribution in [0.1, 0.15) is 25.7 Å². The SMILES string of the molecule is C[C@@H](C1CC1)N(C)C(=O)NCc1ncc(-c2ccccc2)o1. The molecule has 116 valence electrons. The topological polar surface area (TPSA) is 58.4 Å². The number of nitrogens with zero attached hydrogens (tertiary/aromatic N) is 2. The minimum Gasteiger partial charge on any atom is -0.439 e. The van der Waals surface area contributed by atoms with Crippen molar-refractivity contribution in [3.8, 4) is 11.3 Å². The number of oxazole rings is 1. The van der Waals surface area contributed by atoms with Crippen LogP contribution in [0.4, 0.5) is 4.79 Å². The van der Waals surface area contributed by atoms with Crippen molar-refractivity contribution in [3.05, 3.63) is 42.4 Å². The van der Waals surface area contributed by atoms with Crippen LogP contribution in [0, 0.1) is 5.92 Å². The maximum absolute atomic E-state index is 12.1. The van der Waals surface area contributed by atoms with Gasteiger partial charge in [-0.2, -0.15) is 0 Å². The van der Waals surface area contributed by atoms with Crippen LogP contribution in [-0.2, 0) is 6.54 Å². The van der Waals surface area contributed by atoms with Gasteiger partial charge in [0.25, 0.3) is 0 Å². The van der Waals surface area contributed by atoms with E-state index in [0.29, 0.717) is 24.1 Å². The van der Waals surface area contributed by atoms with E-state index in [1.54, 1.807) is 11.1 Å². The Kier molecular flexibility index (Phi) is 4.13. The van der Waals surface area contributed by atoms with Crippen molar-refractivity contribution in [2.75, 3.05) is 7.05 Å². The van der Waals surface area contributed by atoms with Crippen LogP contribution in [0.25, 0.3) is 11.3 Å². The van der Waals surface area contributed by atoms with Gasteiger partial charge in [0.15, 0.2) is 5.76 Å². The van der Waals surface area contributed by atoms with Gasteiger partial charge in [-0.05, 0) is 25.7 Å². The van der Waals surface area contributed by atoms with E-state index in [1.807, 2.05) is 37.4 Å². The number of urea groups is 1. The van der Waals surface area contributed by atoms with Gasteiger partial charge in [-0.3, -0.25) is 0 Å². The predicted octanol–water partition coefficient (Wildman–Crippen LogP) is 3.28. The number of carbonyl (C=O) groups is 1. The maximum Gasteiger partial charge on any atom is 0.317 e. The molecular weight excluding hydrogens is 278 g/mol. The number of carbonyl (C=O) groups excluding carboxylic acids is 1. The molecule has 1 saturated carbocycles. The number of rotatable bonds is 5. The zero-order valence-corrected chi connectivity index (χ0v) is 13.0. The second kappa shape index (κ2) is 6.22. The third-order valence-corrected chi connectivity index (χ3v) is 4.24. The molecule has 0 unspecified atom stereocenters. The zero-order valence-electron chi connectivity index (χ0n) is 13.0. The van der Waals surface area contributed by atoms with Crippen LogP contribution in [-0.4, -0.2) is 29.0 Å². The fourth-order valence-electron chi connectivity index (χ4n) is 2.48. The lowest BCUT2D eigenvalue weighted by atomic mass is 10.2. The summed E-state index contributed by atoms with van der Waals surface area (Å²) in [6.45, 7) is 2.39. The van der Waals surface area contributed by atoms with E-state index in [9.17, 15) is 4.79 Å². The maximum atomic E-state index is 12.1. The first-order valence-electron chi connectivity index (χ1n) is 7.66. The predicted molar refractivity (Wildman–Crippen MR) is 84.1 cm³/mol. The second-order valence-corrected chi connectivity index (χ2v) is 5.83. The smallest absolute Gasteiger partial charge is 0.317 e. The number of hydrogen-bond acceptors (Lipinski definition) is 3. The van der Waals surface area contributed by atoms with Crippen molar-refractivity contribution in [2.45, 2.75) is 32.4 Å². The molecule has 0 radical (unpaired) electrons. The van der Waals surface area contributed by atoms with Gasteiger partial charge in [-0.25, -0.2) is 9.78 Å². The Hall–Kier alpha value is -2.30. The van der Waals surface area contributed by atoms with E-state index in [0.717, 1.165) is 5.56 Å². The van der Waals surface area contributed by atoms with Crippen LogP contribution >= 0.6 is 0 Å². The van der Waals surface area contributed by atoms with Crippen LogP contribution in [0.5, 0.6) is 0 Å². The molecule has 1 atom stereocenters. The Morgan fingerprint density at radius 3 is 2.82 bits per heavy atom. The Morgan fingerprint density at radius 1 is 1.41 bits per heavy atom. The van der Waals surface area contributed by atoms with Gasteiger partial charge in [0.2, 0.25) is 5.89 Å². The molecule has 2 amide bonds. The first kappa shape index (κ1) is 14.6. The summed E-state index contributed by atoms with van der Waals surface area (Å²) in [5.74, 6) is 1.88. The highest BCUT2D eigenvalue weighted by Gasteiger charge is 2.32. The molecule has 3 rings (SSSR count). The summed E-state index contributed by atoms with van der Waals surface area (Å²) < 4.78 is 5.68. The van der Waals surface area contributed by atoms with Crippen LogP contribution < -0.4 is 5.32 Å². The van der Waals surface area contributed by atoms with E-state index >= 15 is 0 Å². The fraction of sp³-hybridized carbons (Fsp3) is 0.412. The van der Waals surface area contributed by atoms with Gasteiger partial charge in [-0.15, -0.1) is 0 Å². The average Bonchev–Trinajstić information content (AvgIpc) is 3.30. The standard InChI is InChI=1S/C17H21N3O2/c1-12(13-8-9-13)20(2)17(21)19-11-16-18-10-15(22-16)14-6-4-3-5-7-14/h3-7,10,12-13H,8-9,11H2,1-2H3,(H,19,21)/t12-/m0/s1. The van der Waals surface area contributed by atoms with Gasteiger partial charge >= 0.3 is 6.03 Å². The van der Waals surface area contributed by atoms with Gasteiger partial charge in [0.1, 0.15) is 0 Å². The highest BCUT2D eigenvalue weighted by molar-refractivity contribution is 5.74. The summed E-state index contributed by atoms with van der Waals surface area (Å²) in [5.41, 5.74) is 0.979. The van der Waals surface area contributed by atoms with Crippen molar-refractivity contribution in [1.82, 2.24) is 15.2 Å². The lowest BCUT2D eigenvalue weighted by Gasteiger charge is -2.24. The molecule has 0 aliphatic heterocycles. The Balaban J connectivity index is 1.55. The molecule has 0 spiro atoms. The molecule has 22 heavy (non-hydrogen) atoms. The number of amides is 2. The number of nitrogens with one attached hydrogen (secondary N) is 1. The molecule has 1 heterocycles. The van der Waals surface area contributed by atoms with Gasteiger partial charge in [-0.1, -0.05) is 30.3 Å². The first-order valence-corrected chi connectivity index (χ1v) is 7.66. The molecule has 5 nitrogen and oxygen atoms in total. The summed E-state index contributed by atoms with van der Waals surface area (Å²) >= 11 is 0. The lowest BCUT2D eigenvalue weighted by Crippen LogP contribution is -2.43. The highest BCUT2D eigenvalue weighted by atomic mass is 16.4. The zero-order chi connectivity index (χ0) is 15.5. The first-order chi connectivity index (χ1) is 10.6. The van der Waals surface area contributed by atoms with Gasteiger partial charge < -0.3 is 14.6 Å². The normalized spacial score (nSPS) is 15.4. The van der Waals surface area contributed by atoms with Crippen molar-refractivity contribution in [3.63, 3.8) is 0 Å². The molecule has 1 aromatic heterocycles. The second-order valence-electron chi connectivity index (χ2n) is 5.83. The number of hydrogen-bond donors (Lipinski definition) is 1. The summed E-state index contributed by atoms with van der Waals surface area (Å²) in [6.07, 6.45) is 4.13. The Labute approximate surface area is 130 Å². The fourth-order valence-corrected chi connectivity index (χ4v) is 2.48. The minimum atomic E-state index is -0.0844. The molecule has 1 aliphatic rings. The Morgan fingerprint density at radius 2 is 2.14 bits per heavy atom. The van der Waals surface area contributed by atoms with E-state index < -0.39 is 0 Å². The third-order valence-electron chi connectivity index (χ3n) is 4.24. The largest absolute Gasteiger partial charge is 0.439 e.